The van der Waals surface area contributed by atoms with Crippen molar-refractivity contribution in [2.75, 3.05) is 27.3 Å². The van der Waals surface area contributed by atoms with Gasteiger partial charge < -0.3 is 19.5 Å². The van der Waals surface area contributed by atoms with E-state index in [9.17, 15) is 14.7 Å². The zero-order valence-electron chi connectivity index (χ0n) is 15.3. The van der Waals surface area contributed by atoms with Crippen LogP contribution in [0.2, 0.25) is 0 Å². The van der Waals surface area contributed by atoms with Gasteiger partial charge in [0.05, 0.1) is 13.7 Å². The quantitative estimate of drug-likeness (QED) is 0.784. The largest absolute Gasteiger partial charge is 0.497 e. The lowest BCUT2D eigenvalue weighted by Gasteiger charge is -2.35. The average Bonchev–Trinajstić information content (AvgIpc) is 2.84. The van der Waals surface area contributed by atoms with Crippen LogP contribution < -0.4 is 9.47 Å². The molecule has 26 heavy (non-hydrogen) atoms. The topological polar surface area (TPSA) is 79.3 Å². The Morgan fingerprint density at radius 3 is 2.35 bits per heavy atom. The molecule has 142 valence electrons. The fraction of sp³-hybridized carbons (Fsp3) is 0.579. The van der Waals surface area contributed by atoms with E-state index in [1.807, 2.05) is 0 Å². The molecular formula is C19H26N2O5. The normalized spacial score (nSPS) is 20.6. The summed E-state index contributed by atoms with van der Waals surface area (Å²) >= 11 is 0. The molecule has 1 aliphatic heterocycles. The zero-order valence-corrected chi connectivity index (χ0v) is 15.3. The van der Waals surface area contributed by atoms with E-state index < -0.39 is 11.6 Å². The van der Waals surface area contributed by atoms with Crippen molar-refractivity contribution in [1.82, 2.24) is 9.80 Å². The number of methoxy groups -OCH3 is 1. The molecule has 1 saturated heterocycles. The van der Waals surface area contributed by atoms with E-state index in [-0.39, 0.29) is 25.1 Å². The van der Waals surface area contributed by atoms with Crippen LogP contribution in [0.25, 0.3) is 0 Å². The van der Waals surface area contributed by atoms with E-state index in [1.165, 1.54) is 4.90 Å². The number of likely N-dealkylation sites (N-methyl/N-ethyl adjacent to an activating group) is 1. The summed E-state index contributed by atoms with van der Waals surface area (Å²) < 4.78 is 10.6. The fourth-order valence-corrected chi connectivity index (χ4v) is 3.82. The number of hydrogen-bond donors (Lipinski definition) is 1. The Morgan fingerprint density at radius 1 is 1.12 bits per heavy atom. The third-order valence-electron chi connectivity index (χ3n) is 5.38. The van der Waals surface area contributed by atoms with Gasteiger partial charge in [-0.3, -0.25) is 9.69 Å². The maximum Gasteiger partial charge on any atom is 0.327 e. The molecule has 0 aromatic heterocycles. The molecule has 0 unspecified atom stereocenters. The van der Waals surface area contributed by atoms with Crippen molar-refractivity contribution in [2.24, 2.45) is 0 Å². The first-order chi connectivity index (χ1) is 12.5. The lowest BCUT2D eigenvalue weighted by Crippen LogP contribution is -2.49. The summed E-state index contributed by atoms with van der Waals surface area (Å²) in [7, 11) is 3.27. The summed E-state index contributed by atoms with van der Waals surface area (Å²) in [4.78, 5) is 28.2. The van der Waals surface area contributed by atoms with Crippen molar-refractivity contribution in [3.8, 4) is 11.5 Å². The summed E-state index contributed by atoms with van der Waals surface area (Å²) in [6, 6.07) is 6.67. The minimum Gasteiger partial charge on any atom is -0.497 e. The average molecular weight is 362 g/mol. The Hall–Kier alpha value is -2.28. The molecule has 0 bridgehead atoms. The zero-order chi connectivity index (χ0) is 18.7. The molecule has 1 N–H and O–H groups in total. The molecule has 1 aromatic rings. The number of nitrogens with zero attached hydrogens (tertiary/aromatic N) is 2. The Morgan fingerprint density at radius 2 is 1.73 bits per heavy atom. The van der Waals surface area contributed by atoms with Gasteiger partial charge >= 0.3 is 6.03 Å². The second-order valence-corrected chi connectivity index (χ2v) is 6.99. The van der Waals surface area contributed by atoms with Gasteiger partial charge in [-0.2, -0.15) is 0 Å². The number of aliphatic hydroxyl groups excluding tert-OH is 1. The molecule has 1 atom stereocenters. The van der Waals surface area contributed by atoms with E-state index in [2.05, 4.69) is 0 Å². The molecule has 0 radical (unpaired) electrons. The van der Waals surface area contributed by atoms with Crippen molar-refractivity contribution >= 4 is 11.9 Å². The molecule has 1 aliphatic carbocycles. The summed E-state index contributed by atoms with van der Waals surface area (Å²) in [5, 5.41) is 10.3. The number of carbonyl (C=O) groups is 2. The Kier molecular flexibility index (Phi) is 5.36. The predicted octanol–water partition coefficient (Wildman–Crippen LogP) is 2.03. The van der Waals surface area contributed by atoms with Gasteiger partial charge in [0, 0.05) is 7.05 Å². The van der Waals surface area contributed by atoms with Crippen LogP contribution in [0, 0.1) is 0 Å². The van der Waals surface area contributed by atoms with E-state index >= 15 is 0 Å². The highest BCUT2D eigenvalue weighted by molar-refractivity contribution is 6.07. The standard InChI is InChI=1S/C19H26N2O5/c1-20-18(24)21(17(23)19(20)10-4-3-5-11-19)12-14(22)13-26-16-8-6-15(25-2)7-9-16/h6-9,14,22H,3-5,10-13H2,1-2H3/t14-/m1/s1. The van der Waals surface area contributed by atoms with E-state index in [0.29, 0.717) is 24.3 Å². The van der Waals surface area contributed by atoms with E-state index in [1.54, 1.807) is 43.3 Å². The fourth-order valence-electron chi connectivity index (χ4n) is 3.82. The molecule has 2 fully saturated rings. The molecule has 1 saturated carbocycles. The number of amides is 3. The number of rotatable bonds is 6. The number of imide groups is 1. The van der Waals surface area contributed by atoms with Crippen LogP contribution in [0.4, 0.5) is 4.79 Å². The minimum absolute atomic E-state index is 0.000102. The number of hydrogen-bond acceptors (Lipinski definition) is 5. The number of carbonyl (C=O) groups excluding carboxylic acids is 2. The second-order valence-electron chi connectivity index (χ2n) is 6.99. The van der Waals surface area contributed by atoms with Crippen LogP contribution in [-0.2, 0) is 4.79 Å². The summed E-state index contributed by atoms with van der Waals surface area (Å²) in [5.74, 6) is 1.12. The third-order valence-corrected chi connectivity index (χ3v) is 5.38. The third kappa shape index (κ3) is 3.35. The molecule has 3 amide bonds. The SMILES string of the molecule is COc1ccc(OC[C@H](O)CN2C(=O)N(C)C3(CCCCC3)C2=O)cc1. The summed E-state index contributed by atoms with van der Waals surface area (Å²) in [6.45, 7) is -0.0555. The van der Waals surface area contributed by atoms with Gasteiger partial charge in [-0.25, -0.2) is 4.79 Å². The Balaban J connectivity index is 1.58. The van der Waals surface area contributed by atoms with Crippen molar-refractivity contribution in [3.63, 3.8) is 0 Å². The lowest BCUT2D eigenvalue weighted by molar-refractivity contribution is -0.135. The number of benzene rings is 1. The number of aliphatic hydroxyl groups is 1. The molecule has 1 aromatic carbocycles. The van der Waals surface area contributed by atoms with Gasteiger partial charge in [-0.15, -0.1) is 0 Å². The van der Waals surface area contributed by atoms with Crippen molar-refractivity contribution in [3.05, 3.63) is 24.3 Å². The van der Waals surface area contributed by atoms with Gasteiger partial charge in [0.1, 0.15) is 29.7 Å². The highest BCUT2D eigenvalue weighted by atomic mass is 16.5. The smallest absolute Gasteiger partial charge is 0.327 e. The molecular weight excluding hydrogens is 336 g/mol. The van der Waals surface area contributed by atoms with Crippen LogP contribution in [0.3, 0.4) is 0 Å². The first kappa shape index (κ1) is 18.5. The van der Waals surface area contributed by atoms with Gasteiger partial charge in [-0.1, -0.05) is 19.3 Å². The van der Waals surface area contributed by atoms with Gasteiger partial charge in [0.15, 0.2) is 0 Å². The summed E-state index contributed by atoms with van der Waals surface area (Å²) in [6.07, 6.45) is 3.43. The van der Waals surface area contributed by atoms with Crippen molar-refractivity contribution in [1.29, 1.82) is 0 Å². The molecule has 2 aliphatic rings. The maximum absolute atomic E-state index is 12.9. The predicted molar refractivity (Wildman–Crippen MR) is 95.2 cm³/mol. The van der Waals surface area contributed by atoms with Crippen LogP contribution in [0.15, 0.2) is 24.3 Å². The maximum atomic E-state index is 12.9. The molecule has 7 heteroatoms. The first-order valence-corrected chi connectivity index (χ1v) is 9.02. The van der Waals surface area contributed by atoms with Gasteiger partial charge in [0.25, 0.3) is 5.91 Å². The van der Waals surface area contributed by atoms with Crippen LogP contribution in [0.5, 0.6) is 11.5 Å². The highest BCUT2D eigenvalue weighted by Crippen LogP contribution is 2.39. The van der Waals surface area contributed by atoms with E-state index in [0.717, 1.165) is 19.3 Å². The highest BCUT2D eigenvalue weighted by Gasteiger charge is 2.55. The molecule has 1 heterocycles. The monoisotopic (exact) mass is 362 g/mol. The molecule has 3 rings (SSSR count). The van der Waals surface area contributed by atoms with Crippen LogP contribution >= 0.6 is 0 Å². The number of urea groups is 1. The van der Waals surface area contributed by atoms with Crippen molar-refractivity contribution in [2.45, 2.75) is 43.7 Å². The van der Waals surface area contributed by atoms with Crippen LogP contribution in [0.1, 0.15) is 32.1 Å². The Labute approximate surface area is 153 Å². The van der Waals surface area contributed by atoms with E-state index in [4.69, 9.17) is 9.47 Å². The lowest BCUT2D eigenvalue weighted by atomic mass is 9.81. The second kappa shape index (κ2) is 7.53. The first-order valence-electron chi connectivity index (χ1n) is 9.02. The van der Waals surface area contributed by atoms with Crippen LogP contribution in [-0.4, -0.2) is 65.8 Å². The minimum atomic E-state index is -0.947. The molecule has 1 spiro atoms. The van der Waals surface area contributed by atoms with Gasteiger partial charge in [0.2, 0.25) is 0 Å². The van der Waals surface area contributed by atoms with Gasteiger partial charge in [-0.05, 0) is 37.1 Å². The number of β-amino-alcohol motifs (C(OH)–C–C–N with tert-alkyl or cyclic N) is 1. The van der Waals surface area contributed by atoms with Crippen molar-refractivity contribution < 1.29 is 24.2 Å². The molecule has 7 nitrogen and oxygen atoms in total. The summed E-state index contributed by atoms with van der Waals surface area (Å²) in [5.41, 5.74) is -0.716. The number of ether oxygens (including phenoxy) is 2. The Bertz CT molecular complexity index is 654.